The first-order chi connectivity index (χ1) is 14.7. The van der Waals surface area contributed by atoms with Crippen LogP contribution < -0.4 is 5.32 Å². The van der Waals surface area contributed by atoms with Gasteiger partial charge in [0.15, 0.2) is 6.61 Å². The zero-order valence-corrected chi connectivity index (χ0v) is 17.6. The van der Waals surface area contributed by atoms with Crippen LogP contribution in [0, 0.1) is 17.0 Å². The average Bonchev–Trinajstić information content (AvgIpc) is 3.29. The van der Waals surface area contributed by atoms with Crippen molar-refractivity contribution in [2.24, 2.45) is 0 Å². The van der Waals surface area contributed by atoms with Crippen LogP contribution in [0.5, 0.6) is 0 Å². The second-order valence-electron chi connectivity index (χ2n) is 6.97. The Morgan fingerprint density at radius 1 is 1.13 bits per heavy atom. The van der Waals surface area contributed by atoms with E-state index in [1.807, 2.05) is 0 Å². The summed E-state index contributed by atoms with van der Waals surface area (Å²) in [7, 11) is -3.59. The minimum Gasteiger partial charge on any atom is -0.452 e. The number of benzene rings is 2. The lowest BCUT2D eigenvalue weighted by molar-refractivity contribution is -0.385. The Morgan fingerprint density at radius 2 is 1.77 bits per heavy atom. The predicted octanol–water partition coefficient (Wildman–Crippen LogP) is 2.48. The van der Waals surface area contributed by atoms with Crippen LogP contribution in [-0.4, -0.2) is 49.2 Å². The number of esters is 1. The van der Waals surface area contributed by atoms with Crippen LogP contribution in [-0.2, 0) is 19.6 Å². The molecule has 1 fully saturated rings. The summed E-state index contributed by atoms with van der Waals surface area (Å²) in [6.45, 7) is 1.85. The molecule has 0 spiro atoms. The number of hydrogen-bond acceptors (Lipinski definition) is 7. The molecule has 2 aromatic carbocycles. The summed E-state index contributed by atoms with van der Waals surface area (Å²) in [6.07, 6.45) is 1.64. The first kappa shape index (κ1) is 22.4. The van der Waals surface area contributed by atoms with Crippen LogP contribution in [0.25, 0.3) is 0 Å². The quantitative estimate of drug-likeness (QED) is 0.391. The van der Waals surface area contributed by atoms with Crippen molar-refractivity contribution < 1.29 is 27.7 Å². The van der Waals surface area contributed by atoms with Gasteiger partial charge >= 0.3 is 5.97 Å². The zero-order chi connectivity index (χ0) is 22.6. The number of rotatable bonds is 7. The minimum absolute atomic E-state index is 0.0878. The van der Waals surface area contributed by atoms with Gasteiger partial charge in [-0.25, -0.2) is 13.2 Å². The van der Waals surface area contributed by atoms with Gasteiger partial charge in [0.2, 0.25) is 10.0 Å². The van der Waals surface area contributed by atoms with Gasteiger partial charge in [0, 0.05) is 19.2 Å². The predicted molar refractivity (Wildman–Crippen MR) is 111 cm³/mol. The standard InChI is InChI=1S/C20H21N3O7S/c1-14-17(5-4-6-18(14)23(26)27)21-19(24)13-30-20(25)15-7-9-16(10-8-15)31(28,29)22-11-2-3-12-22/h4-10H,2-3,11-13H2,1H3,(H,21,24). The van der Waals surface area contributed by atoms with Crippen molar-refractivity contribution in [2.75, 3.05) is 25.0 Å². The van der Waals surface area contributed by atoms with Gasteiger partial charge in [0.25, 0.3) is 11.6 Å². The molecule has 0 bridgehead atoms. The summed E-state index contributed by atoms with van der Waals surface area (Å²) >= 11 is 0. The third-order valence-corrected chi connectivity index (χ3v) is 6.82. The van der Waals surface area contributed by atoms with Gasteiger partial charge in [0.1, 0.15) is 0 Å². The summed E-state index contributed by atoms with van der Waals surface area (Å²) in [5, 5.41) is 13.4. The Bertz CT molecular complexity index is 1110. The van der Waals surface area contributed by atoms with E-state index in [0.29, 0.717) is 13.1 Å². The van der Waals surface area contributed by atoms with E-state index in [1.54, 1.807) is 0 Å². The molecule has 0 aliphatic carbocycles. The van der Waals surface area contributed by atoms with Crippen LogP contribution in [0.15, 0.2) is 47.4 Å². The van der Waals surface area contributed by atoms with Crippen LogP contribution in [0.2, 0.25) is 0 Å². The number of hydrogen-bond donors (Lipinski definition) is 1. The lowest BCUT2D eigenvalue weighted by Gasteiger charge is -2.15. The van der Waals surface area contributed by atoms with E-state index in [-0.39, 0.29) is 27.4 Å². The molecular weight excluding hydrogens is 426 g/mol. The highest BCUT2D eigenvalue weighted by Crippen LogP contribution is 2.25. The Balaban J connectivity index is 1.59. The van der Waals surface area contributed by atoms with E-state index in [2.05, 4.69) is 5.32 Å². The Kier molecular flexibility index (Phi) is 6.66. The molecule has 0 aromatic heterocycles. The molecule has 164 valence electrons. The van der Waals surface area contributed by atoms with Crippen LogP contribution >= 0.6 is 0 Å². The van der Waals surface area contributed by atoms with E-state index in [0.717, 1.165) is 12.8 Å². The Labute approximate surface area is 179 Å². The van der Waals surface area contributed by atoms with E-state index in [1.165, 1.54) is 53.7 Å². The lowest BCUT2D eigenvalue weighted by atomic mass is 10.1. The van der Waals surface area contributed by atoms with E-state index in [4.69, 9.17) is 4.74 Å². The van der Waals surface area contributed by atoms with Crippen molar-refractivity contribution >= 4 is 33.3 Å². The number of nitrogens with one attached hydrogen (secondary N) is 1. The maximum atomic E-state index is 12.5. The van der Waals surface area contributed by atoms with Crippen molar-refractivity contribution in [3.63, 3.8) is 0 Å². The topological polar surface area (TPSA) is 136 Å². The summed E-state index contributed by atoms with van der Waals surface area (Å²) in [5.74, 6) is -1.46. The minimum atomic E-state index is -3.59. The second kappa shape index (κ2) is 9.23. The van der Waals surface area contributed by atoms with Crippen molar-refractivity contribution in [2.45, 2.75) is 24.7 Å². The molecule has 10 nitrogen and oxygen atoms in total. The van der Waals surface area contributed by atoms with Gasteiger partial charge < -0.3 is 10.1 Å². The zero-order valence-electron chi connectivity index (χ0n) is 16.7. The van der Waals surface area contributed by atoms with Crippen LogP contribution in [0.4, 0.5) is 11.4 Å². The van der Waals surface area contributed by atoms with E-state index in [9.17, 15) is 28.1 Å². The fourth-order valence-corrected chi connectivity index (χ4v) is 4.71. The molecule has 0 atom stereocenters. The highest BCUT2D eigenvalue weighted by molar-refractivity contribution is 7.89. The molecule has 1 aliphatic rings. The average molecular weight is 447 g/mol. The summed E-state index contributed by atoms with van der Waals surface area (Å²) < 4.78 is 31.4. The van der Waals surface area contributed by atoms with Gasteiger partial charge in [-0.2, -0.15) is 4.31 Å². The van der Waals surface area contributed by atoms with Gasteiger partial charge in [-0.15, -0.1) is 0 Å². The molecule has 31 heavy (non-hydrogen) atoms. The number of carbonyl (C=O) groups is 2. The van der Waals surface area contributed by atoms with Crippen molar-refractivity contribution in [3.8, 4) is 0 Å². The van der Waals surface area contributed by atoms with Crippen molar-refractivity contribution in [3.05, 3.63) is 63.7 Å². The largest absolute Gasteiger partial charge is 0.452 e. The van der Waals surface area contributed by atoms with E-state index >= 15 is 0 Å². The monoisotopic (exact) mass is 447 g/mol. The third-order valence-electron chi connectivity index (χ3n) is 4.90. The smallest absolute Gasteiger partial charge is 0.338 e. The summed E-state index contributed by atoms with van der Waals surface area (Å²) in [4.78, 5) is 34.8. The van der Waals surface area contributed by atoms with Gasteiger partial charge in [-0.3, -0.25) is 14.9 Å². The number of nitro benzene ring substituents is 1. The highest BCUT2D eigenvalue weighted by Gasteiger charge is 2.27. The number of carbonyl (C=O) groups excluding carboxylic acids is 2. The molecule has 1 heterocycles. The molecule has 11 heteroatoms. The molecule has 1 aliphatic heterocycles. The summed E-state index contributed by atoms with van der Waals surface area (Å²) in [6, 6.07) is 9.57. The highest BCUT2D eigenvalue weighted by atomic mass is 32.2. The maximum Gasteiger partial charge on any atom is 0.338 e. The molecule has 0 radical (unpaired) electrons. The maximum absolute atomic E-state index is 12.5. The lowest BCUT2D eigenvalue weighted by Crippen LogP contribution is -2.27. The van der Waals surface area contributed by atoms with Gasteiger partial charge in [-0.1, -0.05) is 6.07 Å². The number of nitrogens with zero attached hydrogens (tertiary/aromatic N) is 2. The molecule has 0 saturated carbocycles. The molecular formula is C20H21N3O7S. The van der Waals surface area contributed by atoms with Gasteiger partial charge in [-0.05, 0) is 50.1 Å². The van der Waals surface area contributed by atoms with Crippen molar-refractivity contribution in [1.82, 2.24) is 4.31 Å². The SMILES string of the molecule is Cc1c(NC(=O)COC(=O)c2ccc(S(=O)(=O)N3CCCC3)cc2)cccc1[N+](=O)[O-]. The van der Waals surface area contributed by atoms with Crippen LogP contribution in [0.1, 0.15) is 28.8 Å². The first-order valence-corrected chi connectivity index (χ1v) is 11.0. The number of amides is 1. The van der Waals surface area contributed by atoms with Crippen LogP contribution in [0.3, 0.4) is 0 Å². The first-order valence-electron chi connectivity index (χ1n) is 9.51. The number of nitro groups is 1. The molecule has 3 rings (SSSR count). The molecule has 0 unspecified atom stereocenters. The molecule has 1 saturated heterocycles. The fourth-order valence-electron chi connectivity index (χ4n) is 3.20. The van der Waals surface area contributed by atoms with Gasteiger partial charge in [0.05, 0.1) is 26.6 Å². The number of anilines is 1. The molecule has 1 N–H and O–H groups in total. The molecule has 2 aromatic rings. The van der Waals surface area contributed by atoms with Crippen molar-refractivity contribution in [1.29, 1.82) is 0 Å². The molecule has 1 amide bonds. The fraction of sp³-hybridized carbons (Fsp3) is 0.300. The second-order valence-corrected chi connectivity index (χ2v) is 8.90. The number of ether oxygens (including phenoxy) is 1. The third kappa shape index (κ3) is 5.06. The Morgan fingerprint density at radius 3 is 2.39 bits per heavy atom. The number of sulfonamides is 1. The normalized spacial score (nSPS) is 14.2. The summed E-state index contributed by atoms with van der Waals surface area (Å²) in [5.41, 5.74) is 0.479. The Hall–Kier alpha value is -3.31. The van der Waals surface area contributed by atoms with E-state index < -0.39 is 33.4 Å².